The molecule has 0 saturated heterocycles. The number of amides is 2. The van der Waals surface area contributed by atoms with E-state index in [1.165, 1.54) is 5.56 Å². The first-order valence-corrected chi connectivity index (χ1v) is 9.84. The minimum absolute atomic E-state index is 0.166. The number of rotatable bonds is 5. The minimum atomic E-state index is -0.247. The van der Waals surface area contributed by atoms with Crippen molar-refractivity contribution < 1.29 is 9.59 Å². The van der Waals surface area contributed by atoms with Gasteiger partial charge in [0.2, 0.25) is 0 Å². The van der Waals surface area contributed by atoms with Crippen molar-refractivity contribution in [1.82, 2.24) is 14.9 Å². The van der Waals surface area contributed by atoms with Crippen molar-refractivity contribution in [3.8, 4) is 0 Å². The van der Waals surface area contributed by atoms with Crippen molar-refractivity contribution >= 4 is 17.5 Å². The first kappa shape index (κ1) is 17.8. The largest absolute Gasteiger partial charge is 0.347 e. The fourth-order valence-corrected chi connectivity index (χ4v) is 3.52. The summed E-state index contributed by atoms with van der Waals surface area (Å²) in [6.45, 7) is 5.02. The number of hydrogen-bond donors (Lipinski definition) is 2. The van der Waals surface area contributed by atoms with Crippen LogP contribution in [-0.2, 0) is 13.0 Å². The summed E-state index contributed by atoms with van der Waals surface area (Å²) in [7, 11) is 0. The van der Waals surface area contributed by atoms with Gasteiger partial charge >= 0.3 is 0 Å². The molecule has 6 heteroatoms. The molecular formula is C21H26N4O2. The third-order valence-electron chi connectivity index (χ3n) is 5.28. The highest BCUT2D eigenvalue weighted by Gasteiger charge is 2.30. The molecule has 142 valence electrons. The van der Waals surface area contributed by atoms with Crippen LogP contribution in [0.2, 0.25) is 0 Å². The topological polar surface area (TPSA) is 76.0 Å². The van der Waals surface area contributed by atoms with Gasteiger partial charge in [-0.25, -0.2) is 4.98 Å². The second-order valence-electron chi connectivity index (χ2n) is 7.82. The molecule has 2 aromatic rings. The normalized spacial score (nSPS) is 16.1. The summed E-state index contributed by atoms with van der Waals surface area (Å²) in [5, 5.41) is 5.92. The Morgan fingerprint density at radius 1 is 1.11 bits per heavy atom. The average molecular weight is 366 g/mol. The highest BCUT2D eigenvalue weighted by Crippen LogP contribution is 2.24. The van der Waals surface area contributed by atoms with E-state index < -0.39 is 0 Å². The van der Waals surface area contributed by atoms with Crippen molar-refractivity contribution in [2.45, 2.75) is 64.5 Å². The van der Waals surface area contributed by atoms with Crippen LogP contribution < -0.4 is 10.6 Å². The van der Waals surface area contributed by atoms with Crippen LogP contribution in [0.5, 0.6) is 0 Å². The van der Waals surface area contributed by atoms with E-state index in [2.05, 4.69) is 29.5 Å². The molecule has 1 aromatic carbocycles. The molecule has 1 saturated carbocycles. The lowest BCUT2D eigenvalue weighted by atomic mass is 10.0. The predicted octanol–water partition coefficient (Wildman–Crippen LogP) is 3.49. The Morgan fingerprint density at radius 2 is 1.85 bits per heavy atom. The van der Waals surface area contributed by atoms with E-state index in [-0.39, 0.29) is 17.9 Å². The van der Waals surface area contributed by atoms with E-state index in [4.69, 9.17) is 0 Å². The summed E-state index contributed by atoms with van der Waals surface area (Å²) in [6.07, 6.45) is 4.85. The van der Waals surface area contributed by atoms with Crippen LogP contribution in [0.15, 0.2) is 24.3 Å². The van der Waals surface area contributed by atoms with E-state index in [0.717, 1.165) is 50.0 Å². The molecule has 1 fully saturated rings. The van der Waals surface area contributed by atoms with Crippen LogP contribution in [0.1, 0.15) is 77.8 Å². The molecule has 0 atom stereocenters. The fraction of sp³-hybridized carbons (Fsp3) is 0.476. The zero-order valence-corrected chi connectivity index (χ0v) is 15.9. The van der Waals surface area contributed by atoms with Crippen LogP contribution in [0.25, 0.3) is 0 Å². The van der Waals surface area contributed by atoms with Gasteiger partial charge in [-0.05, 0) is 55.7 Å². The Morgan fingerprint density at radius 3 is 2.52 bits per heavy atom. The molecule has 2 aliphatic rings. The molecule has 1 aliphatic carbocycles. The van der Waals surface area contributed by atoms with Gasteiger partial charge in [0.1, 0.15) is 0 Å². The molecular weight excluding hydrogens is 340 g/mol. The number of aromatic nitrogens is 2. The second-order valence-corrected chi connectivity index (χ2v) is 7.82. The summed E-state index contributed by atoms with van der Waals surface area (Å²) in [5.74, 6) is 0.406. The number of carbonyl (C=O) groups is 2. The van der Waals surface area contributed by atoms with Gasteiger partial charge < -0.3 is 15.2 Å². The lowest BCUT2D eigenvalue weighted by Crippen LogP contribution is -2.29. The monoisotopic (exact) mass is 366 g/mol. The van der Waals surface area contributed by atoms with E-state index in [0.29, 0.717) is 17.4 Å². The fourth-order valence-electron chi connectivity index (χ4n) is 3.52. The van der Waals surface area contributed by atoms with Crippen molar-refractivity contribution in [3.63, 3.8) is 0 Å². The first-order valence-electron chi connectivity index (χ1n) is 9.84. The molecule has 0 radical (unpaired) electrons. The van der Waals surface area contributed by atoms with Gasteiger partial charge in [0.05, 0.1) is 5.69 Å². The van der Waals surface area contributed by atoms with Gasteiger partial charge in [-0.3, -0.25) is 9.59 Å². The van der Waals surface area contributed by atoms with Gasteiger partial charge in [0.15, 0.2) is 11.5 Å². The van der Waals surface area contributed by atoms with Crippen LogP contribution >= 0.6 is 0 Å². The molecule has 6 nitrogen and oxygen atoms in total. The summed E-state index contributed by atoms with van der Waals surface area (Å²) in [5.41, 5.74) is 3.22. The summed E-state index contributed by atoms with van der Waals surface area (Å²) < 4.78 is 1.93. The van der Waals surface area contributed by atoms with E-state index in [9.17, 15) is 9.59 Å². The SMILES string of the molecule is CC(C)c1ccc(NC(=O)c2nc(C(=O)NC3CC3)n3c2CCCC3)cc1. The number of carbonyl (C=O) groups excluding carboxylic acids is 2. The van der Waals surface area contributed by atoms with Gasteiger partial charge in [-0.2, -0.15) is 0 Å². The molecule has 2 heterocycles. The number of nitrogens with zero attached hydrogens (tertiary/aromatic N) is 2. The maximum absolute atomic E-state index is 12.9. The number of nitrogens with one attached hydrogen (secondary N) is 2. The smallest absolute Gasteiger partial charge is 0.287 e. The van der Waals surface area contributed by atoms with Gasteiger partial charge in [0.25, 0.3) is 11.8 Å². The maximum Gasteiger partial charge on any atom is 0.287 e. The number of fused-ring (bicyclic) bond motifs is 1. The minimum Gasteiger partial charge on any atom is -0.347 e. The molecule has 4 rings (SSSR count). The Hall–Kier alpha value is -2.63. The Labute approximate surface area is 159 Å². The van der Waals surface area contributed by atoms with Crippen molar-refractivity contribution in [2.75, 3.05) is 5.32 Å². The molecule has 0 unspecified atom stereocenters. The Balaban J connectivity index is 1.57. The van der Waals surface area contributed by atoms with Gasteiger partial charge in [-0.1, -0.05) is 26.0 Å². The van der Waals surface area contributed by atoms with Crippen LogP contribution in [0.4, 0.5) is 5.69 Å². The van der Waals surface area contributed by atoms with Crippen molar-refractivity contribution in [3.05, 3.63) is 47.0 Å². The molecule has 1 aliphatic heterocycles. The Bertz CT molecular complexity index is 863. The van der Waals surface area contributed by atoms with E-state index in [1.54, 1.807) is 0 Å². The van der Waals surface area contributed by atoms with Crippen molar-refractivity contribution in [1.29, 1.82) is 0 Å². The molecule has 2 amide bonds. The predicted molar refractivity (Wildman–Crippen MR) is 104 cm³/mol. The van der Waals surface area contributed by atoms with Crippen LogP contribution in [-0.4, -0.2) is 27.4 Å². The second kappa shape index (κ2) is 7.18. The molecule has 2 N–H and O–H groups in total. The lowest BCUT2D eigenvalue weighted by molar-refractivity contribution is 0.0935. The molecule has 1 aromatic heterocycles. The third-order valence-corrected chi connectivity index (χ3v) is 5.28. The number of anilines is 1. The Kier molecular flexibility index (Phi) is 4.72. The lowest BCUT2D eigenvalue weighted by Gasteiger charge is -2.17. The zero-order chi connectivity index (χ0) is 19.0. The van der Waals surface area contributed by atoms with Crippen LogP contribution in [0.3, 0.4) is 0 Å². The van der Waals surface area contributed by atoms with Gasteiger partial charge in [0, 0.05) is 18.3 Å². The molecule has 0 bridgehead atoms. The number of benzene rings is 1. The number of imidazole rings is 1. The summed E-state index contributed by atoms with van der Waals surface area (Å²) in [6, 6.07) is 8.15. The zero-order valence-electron chi connectivity index (χ0n) is 15.9. The van der Waals surface area contributed by atoms with Crippen LogP contribution in [0, 0.1) is 0 Å². The first-order chi connectivity index (χ1) is 13.0. The number of hydrogen-bond acceptors (Lipinski definition) is 3. The molecule has 27 heavy (non-hydrogen) atoms. The molecule has 0 spiro atoms. The average Bonchev–Trinajstić information content (AvgIpc) is 3.38. The van der Waals surface area contributed by atoms with E-state index in [1.807, 2.05) is 28.8 Å². The quantitative estimate of drug-likeness (QED) is 0.850. The van der Waals surface area contributed by atoms with E-state index >= 15 is 0 Å². The third kappa shape index (κ3) is 3.75. The highest BCUT2D eigenvalue weighted by atomic mass is 16.2. The summed E-state index contributed by atoms with van der Waals surface area (Å²) >= 11 is 0. The van der Waals surface area contributed by atoms with Crippen molar-refractivity contribution in [2.24, 2.45) is 0 Å². The summed E-state index contributed by atoms with van der Waals surface area (Å²) in [4.78, 5) is 29.8. The maximum atomic E-state index is 12.9. The standard InChI is InChI=1S/C21H26N4O2/c1-13(2)14-6-8-15(9-7-14)22-20(26)18-17-5-3-4-12-25(17)19(24-18)21(27)23-16-10-11-16/h6-9,13,16H,3-5,10-12H2,1-2H3,(H,22,26)(H,23,27). The van der Waals surface area contributed by atoms with Gasteiger partial charge in [-0.15, -0.1) is 0 Å². The highest BCUT2D eigenvalue weighted by molar-refractivity contribution is 6.05.